The maximum Gasteiger partial charge on any atom is 0.130 e. The summed E-state index contributed by atoms with van der Waals surface area (Å²) in [5, 5.41) is 1.28. The molecule has 3 aromatic rings. The third-order valence-corrected chi connectivity index (χ3v) is 4.99. The average Bonchev–Trinajstić information content (AvgIpc) is 2.82. The minimum absolute atomic E-state index is 0.248. The summed E-state index contributed by atoms with van der Waals surface area (Å²) < 4.78 is 5.28. The van der Waals surface area contributed by atoms with Gasteiger partial charge in [-0.25, -0.2) is 9.97 Å². The highest BCUT2D eigenvalue weighted by Gasteiger charge is 2.19. The van der Waals surface area contributed by atoms with Gasteiger partial charge in [-0.3, -0.25) is 0 Å². The van der Waals surface area contributed by atoms with Gasteiger partial charge >= 0.3 is 0 Å². The molecule has 0 saturated heterocycles. The van der Waals surface area contributed by atoms with Crippen molar-refractivity contribution in [2.45, 2.75) is 6.92 Å². The topological polar surface area (TPSA) is 87.0 Å². The quantitative estimate of drug-likeness (QED) is 0.691. The highest BCUT2D eigenvalue weighted by atomic mass is 35.5. The van der Waals surface area contributed by atoms with Crippen molar-refractivity contribution < 1.29 is 4.74 Å². The molecule has 0 fully saturated rings. The molecular weight excluding hydrogens is 352 g/mol. The van der Waals surface area contributed by atoms with Crippen LogP contribution in [0.25, 0.3) is 21.5 Å². The zero-order valence-corrected chi connectivity index (χ0v) is 14.8. The van der Waals surface area contributed by atoms with E-state index in [0.717, 1.165) is 15.8 Å². The molecule has 5 nitrogen and oxygen atoms in total. The van der Waals surface area contributed by atoms with Gasteiger partial charge in [-0.15, -0.1) is 11.3 Å². The minimum Gasteiger partial charge on any atom is -0.497 e. The Morgan fingerprint density at radius 1 is 1.30 bits per heavy atom. The molecule has 23 heavy (non-hydrogen) atoms. The molecule has 0 spiro atoms. The fraction of sp³-hybridized carbons (Fsp3) is 0.133. The predicted molar refractivity (Wildman–Crippen MR) is 99.4 cm³/mol. The van der Waals surface area contributed by atoms with Crippen molar-refractivity contribution in [1.29, 1.82) is 0 Å². The van der Waals surface area contributed by atoms with Gasteiger partial charge in [-0.2, -0.15) is 0 Å². The van der Waals surface area contributed by atoms with Crippen LogP contribution < -0.4 is 16.2 Å². The van der Waals surface area contributed by atoms with Gasteiger partial charge in [0.1, 0.15) is 21.4 Å². The summed E-state index contributed by atoms with van der Waals surface area (Å²) in [5.74, 6) is 1.27. The Kier molecular flexibility index (Phi) is 4.09. The number of benzene rings is 1. The van der Waals surface area contributed by atoms with Crippen LogP contribution in [0, 0.1) is 6.92 Å². The van der Waals surface area contributed by atoms with E-state index in [1.165, 1.54) is 11.3 Å². The summed E-state index contributed by atoms with van der Waals surface area (Å²) in [7, 11) is 1.58. The Morgan fingerprint density at radius 3 is 2.70 bits per heavy atom. The zero-order valence-electron chi connectivity index (χ0n) is 12.4. The molecular formula is C15H13ClN4OS2. The molecule has 1 aromatic carbocycles. The summed E-state index contributed by atoms with van der Waals surface area (Å²) in [6, 6.07) is 5.39. The second-order valence-corrected chi connectivity index (χ2v) is 6.76. The highest BCUT2D eigenvalue weighted by Crippen LogP contribution is 2.39. The Morgan fingerprint density at radius 2 is 2.04 bits per heavy atom. The monoisotopic (exact) mass is 364 g/mol. The molecule has 118 valence electrons. The first-order valence-corrected chi connectivity index (χ1v) is 8.22. The van der Waals surface area contributed by atoms with Gasteiger partial charge in [0.2, 0.25) is 0 Å². The van der Waals surface area contributed by atoms with Crippen LogP contribution in [-0.2, 0) is 0 Å². The standard InChI is InChI=1S/C15H13ClN4OS2/c1-6-19-12(7-3-8(16)5-9(4-7)21-2)10-11(17)13(14(18)22)23-15(10)20-6/h3-5H,17H2,1-2H3,(H2,18,22). The Bertz CT molecular complexity index is 939. The van der Waals surface area contributed by atoms with Crippen molar-refractivity contribution in [3.05, 3.63) is 33.9 Å². The lowest BCUT2D eigenvalue weighted by atomic mass is 10.1. The first kappa shape index (κ1) is 15.9. The van der Waals surface area contributed by atoms with E-state index in [9.17, 15) is 0 Å². The van der Waals surface area contributed by atoms with Gasteiger partial charge in [0, 0.05) is 10.6 Å². The van der Waals surface area contributed by atoms with Crippen molar-refractivity contribution in [1.82, 2.24) is 9.97 Å². The number of rotatable bonds is 3. The van der Waals surface area contributed by atoms with E-state index in [2.05, 4.69) is 9.97 Å². The number of thiophene rings is 1. The van der Waals surface area contributed by atoms with Gasteiger partial charge in [0.05, 0.1) is 28.8 Å². The number of nitrogens with zero attached hydrogens (tertiary/aromatic N) is 2. The Hall–Kier alpha value is -1.96. The average molecular weight is 365 g/mol. The third kappa shape index (κ3) is 2.83. The summed E-state index contributed by atoms with van der Waals surface area (Å²) >= 11 is 12.6. The number of thiocarbonyl (C=S) groups is 1. The number of nitrogens with two attached hydrogens (primary N) is 2. The third-order valence-electron chi connectivity index (χ3n) is 3.30. The largest absolute Gasteiger partial charge is 0.497 e. The first-order chi connectivity index (χ1) is 10.9. The van der Waals surface area contributed by atoms with E-state index >= 15 is 0 Å². The summed E-state index contributed by atoms with van der Waals surface area (Å²) in [6.45, 7) is 1.82. The molecule has 0 saturated carbocycles. The lowest BCUT2D eigenvalue weighted by molar-refractivity contribution is 0.415. The van der Waals surface area contributed by atoms with Gasteiger partial charge in [0.15, 0.2) is 0 Å². The first-order valence-electron chi connectivity index (χ1n) is 6.62. The molecule has 0 aliphatic heterocycles. The van der Waals surface area contributed by atoms with E-state index < -0.39 is 0 Å². The summed E-state index contributed by atoms with van der Waals surface area (Å²) in [4.78, 5) is 10.6. The van der Waals surface area contributed by atoms with E-state index in [1.54, 1.807) is 13.2 Å². The highest BCUT2D eigenvalue weighted by molar-refractivity contribution is 7.81. The maximum atomic E-state index is 6.24. The number of aromatic nitrogens is 2. The van der Waals surface area contributed by atoms with E-state index in [4.69, 9.17) is 40.0 Å². The minimum atomic E-state index is 0.248. The van der Waals surface area contributed by atoms with Gasteiger partial charge < -0.3 is 16.2 Å². The normalized spacial score (nSPS) is 10.9. The molecule has 8 heteroatoms. The smallest absolute Gasteiger partial charge is 0.130 e. The molecule has 0 atom stereocenters. The van der Waals surface area contributed by atoms with Crippen LogP contribution in [0.4, 0.5) is 5.69 Å². The molecule has 0 bridgehead atoms. The van der Waals surface area contributed by atoms with E-state index in [-0.39, 0.29) is 4.99 Å². The van der Waals surface area contributed by atoms with Crippen molar-refractivity contribution in [3.8, 4) is 17.0 Å². The molecule has 0 amide bonds. The van der Waals surface area contributed by atoms with Crippen LogP contribution in [0.2, 0.25) is 5.02 Å². The number of nitrogen functional groups attached to an aromatic ring is 1. The molecule has 3 rings (SSSR count). The van der Waals surface area contributed by atoms with E-state index in [1.807, 2.05) is 19.1 Å². The fourth-order valence-corrected chi connectivity index (χ4v) is 3.79. The number of fused-ring (bicyclic) bond motifs is 1. The van der Waals surface area contributed by atoms with Crippen molar-refractivity contribution in [2.24, 2.45) is 5.73 Å². The van der Waals surface area contributed by atoms with Crippen LogP contribution in [0.5, 0.6) is 5.75 Å². The van der Waals surface area contributed by atoms with Gasteiger partial charge in [-0.05, 0) is 25.1 Å². The molecule has 2 aromatic heterocycles. The lowest BCUT2D eigenvalue weighted by Gasteiger charge is -2.08. The van der Waals surface area contributed by atoms with Crippen molar-refractivity contribution in [2.75, 3.05) is 12.8 Å². The second-order valence-electron chi connectivity index (χ2n) is 4.89. The Labute approximate surface area is 147 Å². The molecule has 4 N–H and O–H groups in total. The maximum absolute atomic E-state index is 6.24. The molecule has 0 aliphatic rings. The summed E-state index contributed by atoms with van der Waals surface area (Å²) in [6.07, 6.45) is 0. The number of aryl methyl sites for hydroxylation is 1. The van der Waals surface area contributed by atoms with Crippen LogP contribution >= 0.6 is 35.2 Å². The lowest BCUT2D eigenvalue weighted by Crippen LogP contribution is -2.09. The number of methoxy groups -OCH3 is 1. The molecule has 2 heterocycles. The number of halogens is 1. The molecule has 0 aliphatic carbocycles. The fourth-order valence-electron chi connectivity index (χ4n) is 2.34. The van der Waals surface area contributed by atoms with Gasteiger partial charge in [-0.1, -0.05) is 23.8 Å². The molecule has 0 radical (unpaired) electrons. The SMILES string of the molecule is COc1cc(Cl)cc(-c2nc(C)nc3sc(C(N)=S)c(N)c23)c1. The molecule has 0 unspecified atom stereocenters. The Balaban J connectivity index is 2.37. The van der Waals surface area contributed by atoms with Crippen LogP contribution in [-0.4, -0.2) is 22.1 Å². The number of anilines is 1. The van der Waals surface area contributed by atoms with Crippen LogP contribution in [0.1, 0.15) is 10.7 Å². The van der Waals surface area contributed by atoms with Crippen molar-refractivity contribution in [3.63, 3.8) is 0 Å². The predicted octanol–water partition coefficient (Wildman–Crippen LogP) is 3.55. The van der Waals surface area contributed by atoms with Crippen LogP contribution in [0.15, 0.2) is 18.2 Å². The summed E-state index contributed by atoms with van der Waals surface area (Å²) in [5.41, 5.74) is 14.0. The van der Waals surface area contributed by atoms with Crippen LogP contribution in [0.3, 0.4) is 0 Å². The number of hydrogen-bond donors (Lipinski definition) is 2. The zero-order chi connectivity index (χ0) is 16.7. The second kappa shape index (κ2) is 5.92. The van der Waals surface area contributed by atoms with Gasteiger partial charge in [0.25, 0.3) is 0 Å². The number of hydrogen-bond acceptors (Lipinski definition) is 6. The number of ether oxygens (including phenoxy) is 1. The van der Waals surface area contributed by atoms with E-state index in [0.29, 0.717) is 32.9 Å². The van der Waals surface area contributed by atoms with Crippen molar-refractivity contribution >= 4 is 56.0 Å².